The first-order valence-electron chi connectivity index (χ1n) is 6.19. The number of aliphatic hydroxyl groups excluding tert-OH is 3. The van der Waals surface area contributed by atoms with Crippen LogP contribution >= 0.6 is 11.8 Å². The van der Waals surface area contributed by atoms with E-state index >= 15 is 0 Å². The molecular formula is C11H18N4O5S. The summed E-state index contributed by atoms with van der Waals surface area (Å²) in [6.45, 7) is -0.157. The lowest BCUT2D eigenvalue weighted by Gasteiger charge is -2.35. The molecule has 10 heteroatoms. The van der Waals surface area contributed by atoms with Crippen LogP contribution in [0.25, 0.3) is 0 Å². The minimum absolute atomic E-state index is 0.0649. The van der Waals surface area contributed by atoms with Gasteiger partial charge in [-0.05, 0) is 6.26 Å². The van der Waals surface area contributed by atoms with Gasteiger partial charge in [0.15, 0.2) is 17.2 Å². The van der Waals surface area contributed by atoms with Gasteiger partial charge in [0.25, 0.3) is 5.56 Å². The number of hydrogen-bond acceptors (Lipinski definition) is 9. The summed E-state index contributed by atoms with van der Waals surface area (Å²) in [5.41, 5.74) is 5.17. The summed E-state index contributed by atoms with van der Waals surface area (Å²) in [4.78, 5) is 16.1. The molecule has 1 aromatic rings. The standard InChI is InChI=1S/C11H18N4O5S/c1-15-10(19)5(12)8(14-11(15)21-2)13-9-7(18)6(17)4(16)3-20-9/h4,6-7,9,13,16-18H,3,12H2,1-2H3/t4-,6-,7-,9-/m1/s1. The average molecular weight is 318 g/mol. The first-order valence-corrected chi connectivity index (χ1v) is 7.42. The highest BCUT2D eigenvalue weighted by atomic mass is 32.2. The second-order valence-corrected chi connectivity index (χ2v) is 5.45. The van der Waals surface area contributed by atoms with Gasteiger partial charge in [0.2, 0.25) is 0 Å². The zero-order chi connectivity index (χ0) is 15.7. The van der Waals surface area contributed by atoms with Crippen molar-refractivity contribution in [2.24, 2.45) is 7.05 Å². The van der Waals surface area contributed by atoms with E-state index < -0.39 is 30.1 Å². The van der Waals surface area contributed by atoms with Crippen LogP contribution < -0.4 is 16.6 Å². The molecule has 0 radical (unpaired) electrons. The predicted octanol–water partition coefficient (Wildman–Crippen LogP) is -2.06. The largest absolute Gasteiger partial charge is 0.391 e. The van der Waals surface area contributed by atoms with Gasteiger partial charge < -0.3 is 31.1 Å². The van der Waals surface area contributed by atoms with E-state index in [1.807, 2.05) is 0 Å². The predicted molar refractivity (Wildman–Crippen MR) is 77.1 cm³/mol. The van der Waals surface area contributed by atoms with Crippen molar-refractivity contribution >= 4 is 23.3 Å². The second kappa shape index (κ2) is 6.20. The van der Waals surface area contributed by atoms with Crippen LogP contribution in [0, 0.1) is 0 Å². The van der Waals surface area contributed by atoms with E-state index in [4.69, 9.17) is 10.5 Å². The van der Waals surface area contributed by atoms with Gasteiger partial charge in [-0.15, -0.1) is 0 Å². The number of thioether (sulfide) groups is 1. The number of hydrogen-bond donors (Lipinski definition) is 5. The van der Waals surface area contributed by atoms with E-state index in [0.29, 0.717) is 5.16 Å². The summed E-state index contributed by atoms with van der Waals surface area (Å²) in [6.07, 6.45) is -3.18. The molecular weight excluding hydrogens is 300 g/mol. The Hall–Kier alpha value is -1.33. The fourth-order valence-corrected chi connectivity index (χ4v) is 2.50. The molecule has 1 saturated heterocycles. The molecule has 4 atom stereocenters. The van der Waals surface area contributed by atoms with Gasteiger partial charge >= 0.3 is 0 Å². The molecule has 6 N–H and O–H groups in total. The average Bonchev–Trinajstić information content (AvgIpc) is 2.48. The fourth-order valence-electron chi connectivity index (χ4n) is 1.96. The Kier molecular flexibility index (Phi) is 4.74. The Morgan fingerprint density at radius 2 is 2.10 bits per heavy atom. The van der Waals surface area contributed by atoms with Crippen molar-refractivity contribution in [1.29, 1.82) is 0 Å². The smallest absolute Gasteiger partial charge is 0.279 e. The Morgan fingerprint density at radius 3 is 2.71 bits per heavy atom. The number of aliphatic hydroxyl groups is 3. The molecule has 0 aliphatic carbocycles. The van der Waals surface area contributed by atoms with Crippen LogP contribution in [-0.4, -0.2) is 62.3 Å². The highest BCUT2D eigenvalue weighted by Crippen LogP contribution is 2.21. The highest BCUT2D eigenvalue weighted by molar-refractivity contribution is 7.98. The summed E-state index contributed by atoms with van der Waals surface area (Å²) >= 11 is 1.26. The van der Waals surface area contributed by atoms with Crippen molar-refractivity contribution in [1.82, 2.24) is 9.55 Å². The second-order valence-electron chi connectivity index (χ2n) is 4.67. The summed E-state index contributed by atoms with van der Waals surface area (Å²) in [5.74, 6) is 0.0649. The monoisotopic (exact) mass is 318 g/mol. The summed E-state index contributed by atoms with van der Waals surface area (Å²) < 4.78 is 6.50. The number of aromatic nitrogens is 2. The van der Waals surface area contributed by atoms with Crippen molar-refractivity contribution in [2.75, 3.05) is 23.9 Å². The van der Waals surface area contributed by atoms with Crippen LogP contribution in [0.4, 0.5) is 11.5 Å². The quantitative estimate of drug-likeness (QED) is 0.314. The topological polar surface area (TPSA) is 143 Å². The minimum atomic E-state index is -1.38. The fraction of sp³-hybridized carbons (Fsp3) is 0.636. The molecule has 21 heavy (non-hydrogen) atoms. The maximum Gasteiger partial charge on any atom is 0.279 e. The van der Waals surface area contributed by atoms with Gasteiger partial charge in [0, 0.05) is 7.05 Å². The molecule has 118 valence electrons. The molecule has 2 rings (SSSR count). The van der Waals surface area contributed by atoms with Crippen LogP contribution in [0.15, 0.2) is 9.95 Å². The molecule has 0 saturated carbocycles. The van der Waals surface area contributed by atoms with Gasteiger partial charge in [0.05, 0.1) is 6.61 Å². The maximum absolute atomic E-state index is 12.0. The molecule has 0 bridgehead atoms. The number of anilines is 2. The van der Waals surface area contributed by atoms with Crippen molar-refractivity contribution in [3.05, 3.63) is 10.4 Å². The van der Waals surface area contributed by atoms with E-state index in [1.54, 1.807) is 13.3 Å². The lowest BCUT2D eigenvalue weighted by atomic mass is 10.0. The molecule has 0 amide bonds. The number of rotatable bonds is 3. The third-order valence-electron chi connectivity index (χ3n) is 3.25. The molecule has 0 unspecified atom stereocenters. The van der Waals surface area contributed by atoms with Gasteiger partial charge in [-0.25, -0.2) is 4.98 Å². The number of ether oxygens (including phenoxy) is 1. The SMILES string of the molecule is CSc1nc(N[C@@H]2OC[C@@H](O)[C@@H](O)[C@H]2O)c(N)c(=O)n1C. The molecule has 1 aliphatic rings. The molecule has 1 aromatic heterocycles. The van der Waals surface area contributed by atoms with E-state index in [-0.39, 0.29) is 18.1 Å². The van der Waals surface area contributed by atoms with Gasteiger partial charge in [-0.2, -0.15) is 0 Å². The number of nitrogens with two attached hydrogens (primary N) is 1. The lowest BCUT2D eigenvalue weighted by Crippen LogP contribution is -2.55. The first kappa shape index (κ1) is 16.0. The third-order valence-corrected chi connectivity index (χ3v) is 3.98. The van der Waals surface area contributed by atoms with Crippen LogP contribution in [0.3, 0.4) is 0 Å². The van der Waals surface area contributed by atoms with Crippen molar-refractivity contribution in [3.63, 3.8) is 0 Å². The number of nitrogens with one attached hydrogen (secondary N) is 1. The molecule has 0 aromatic carbocycles. The van der Waals surface area contributed by atoms with Crippen molar-refractivity contribution in [3.8, 4) is 0 Å². The Labute approximate surface area is 124 Å². The van der Waals surface area contributed by atoms with Crippen LogP contribution in [0.5, 0.6) is 0 Å². The number of nitrogens with zero attached hydrogens (tertiary/aromatic N) is 2. The third kappa shape index (κ3) is 2.99. The van der Waals surface area contributed by atoms with Crippen LogP contribution in [0.2, 0.25) is 0 Å². The van der Waals surface area contributed by atoms with Crippen LogP contribution in [-0.2, 0) is 11.8 Å². The van der Waals surface area contributed by atoms with Crippen molar-refractivity contribution < 1.29 is 20.1 Å². The normalized spacial score (nSPS) is 29.4. The van der Waals surface area contributed by atoms with Gasteiger partial charge in [0.1, 0.15) is 24.0 Å². The van der Waals surface area contributed by atoms with E-state index in [0.717, 1.165) is 0 Å². The number of nitrogen functional groups attached to an aromatic ring is 1. The van der Waals surface area contributed by atoms with Crippen molar-refractivity contribution in [2.45, 2.75) is 29.7 Å². The maximum atomic E-state index is 12.0. The van der Waals surface area contributed by atoms with Crippen LogP contribution in [0.1, 0.15) is 0 Å². The van der Waals surface area contributed by atoms with E-state index in [9.17, 15) is 20.1 Å². The molecule has 2 heterocycles. The first-order chi connectivity index (χ1) is 9.86. The molecule has 1 aliphatic heterocycles. The summed E-state index contributed by atoms with van der Waals surface area (Å²) in [7, 11) is 1.55. The van der Waals surface area contributed by atoms with E-state index in [1.165, 1.54) is 16.3 Å². The van der Waals surface area contributed by atoms with E-state index in [2.05, 4.69) is 10.3 Å². The summed E-state index contributed by atoms with van der Waals surface area (Å²) in [5, 5.41) is 32.0. The zero-order valence-corrected chi connectivity index (χ0v) is 12.4. The molecule has 0 spiro atoms. The Balaban J connectivity index is 2.28. The molecule has 1 fully saturated rings. The Morgan fingerprint density at radius 1 is 1.43 bits per heavy atom. The zero-order valence-electron chi connectivity index (χ0n) is 11.6. The van der Waals surface area contributed by atoms with Gasteiger partial charge in [-0.1, -0.05) is 11.8 Å². The lowest BCUT2D eigenvalue weighted by molar-refractivity contribution is -0.178. The molecule has 9 nitrogen and oxygen atoms in total. The summed E-state index contributed by atoms with van der Waals surface area (Å²) in [6, 6.07) is 0. The Bertz CT molecular complexity index is 580. The minimum Gasteiger partial charge on any atom is -0.391 e. The van der Waals surface area contributed by atoms with Gasteiger partial charge in [-0.3, -0.25) is 9.36 Å². The highest BCUT2D eigenvalue weighted by Gasteiger charge is 2.38.